The van der Waals surface area contributed by atoms with Crippen molar-refractivity contribution in [3.05, 3.63) is 34.7 Å². The fourth-order valence-corrected chi connectivity index (χ4v) is 2.41. The van der Waals surface area contributed by atoms with Gasteiger partial charge in [-0.15, -0.1) is 0 Å². The number of rotatable bonds is 10. The molecule has 22 heavy (non-hydrogen) atoms. The van der Waals surface area contributed by atoms with E-state index in [2.05, 4.69) is 5.18 Å². The molecular formula is C14H18INO5S. The van der Waals surface area contributed by atoms with E-state index in [1.165, 1.54) is 7.11 Å². The van der Waals surface area contributed by atoms with Crippen LogP contribution in [0, 0.1) is 10.8 Å². The van der Waals surface area contributed by atoms with Crippen LogP contribution in [0.4, 0.5) is 0 Å². The molecule has 0 radical (unpaired) electrons. The predicted octanol–water partition coefficient (Wildman–Crippen LogP) is 3.57. The normalized spacial score (nSPS) is 13.2. The Bertz CT molecular complexity index is 471. The Morgan fingerprint density at radius 1 is 1.32 bits per heavy atom. The number of esters is 1. The summed E-state index contributed by atoms with van der Waals surface area (Å²) >= 11 is 1.97. The van der Waals surface area contributed by atoms with Crippen LogP contribution in [-0.4, -0.2) is 32.3 Å². The molecule has 0 saturated carbocycles. The molecule has 0 aliphatic heterocycles. The van der Waals surface area contributed by atoms with Crippen LogP contribution in [0.25, 0.3) is 0 Å². The average molecular weight is 439 g/mol. The summed E-state index contributed by atoms with van der Waals surface area (Å²) in [6, 6.07) is 6.83. The van der Waals surface area contributed by atoms with Gasteiger partial charge in [-0.25, -0.2) is 0 Å². The van der Waals surface area contributed by atoms with Crippen molar-refractivity contribution < 1.29 is 18.5 Å². The van der Waals surface area contributed by atoms with E-state index in [-0.39, 0.29) is 25.1 Å². The average Bonchev–Trinajstić information content (AvgIpc) is 2.55. The second kappa shape index (κ2) is 10.8. The van der Waals surface area contributed by atoms with Gasteiger partial charge in [-0.1, -0.05) is 24.2 Å². The first-order valence-corrected chi connectivity index (χ1v) is 9.91. The largest absolute Gasteiger partial charge is 0.491 e. The molecule has 0 fully saturated rings. The molecule has 122 valence electrons. The minimum absolute atomic E-state index is 0.165. The smallest absolute Gasteiger partial charge is 0.308 e. The van der Waals surface area contributed by atoms with Gasteiger partial charge in [-0.3, -0.25) is 4.79 Å². The van der Waals surface area contributed by atoms with E-state index in [0.29, 0.717) is 12.2 Å². The number of nitroso groups, excluding NO2 is 1. The van der Waals surface area contributed by atoms with E-state index in [9.17, 15) is 9.70 Å². The number of halogens is 1. The number of nitrogens with zero attached hydrogens (tertiary/aromatic N) is 1. The van der Waals surface area contributed by atoms with Crippen LogP contribution in [-0.2, 0) is 20.1 Å². The van der Waals surface area contributed by atoms with Crippen molar-refractivity contribution in [3.8, 4) is 5.75 Å². The number of hydrogen-bond acceptors (Lipinski definition) is 7. The Balaban J connectivity index is 2.47. The highest BCUT2D eigenvalue weighted by Gasteiger charge is 2.14. The third-order valence-corrected chi connectivity index (χ3v) is 3.95. The van der Waals surface area contributed by atoms with Crippen molar-refractivity contribution in [3.63, 3.8) is 0 Å². The van der Waals surface area contributed by atoms with Gasteiger partial charge in [0.15, 0.2) is 6.04 Å². The molecule has 1 aromatic carbocycles. The first kappa shape index (κ1) is 19.2. The van der Waals surface area contributed by atoms with Crippen LogP contribution in [0.5, 0.6) is 5.75 Å². The van der Waals surface area contributed by atoms with Crippen LogP contribution < -0.4 is 4.74 Å². The Hall–Kier alpha value is -0.870. The molecule has 0 aromatic heterocycles. The molecule has 0 bridgehead atoms. The fourth-order valence-electron chi connectivity index (χ4n) is 1.77. The highest BCUT2D eigenvalue weighted by molar-refractivity contribution is 14.2. The molecule has 1 unspecified atom stereocenters. The minimum Gasteiger partial charge on any atom is -0.491 e. The van der Waals surface area contributed by atoms with Gasteiger partial charge in [-0.2, -0.15) is 4.91 Å². The second-order valence-corrected chi connectivity index (χ2v) is 6.13. The summed E-state index contributed by atoms with van der Waals surface area (Å²) in [6.45, 7) is 2.20. The Morgan fingerprint density at radius 3 is 2.55 bits per heavy atom. The number of hydrogen-bond donors (Lipinski definition) is 0. The molecular weight excluding hydrogens is 421 g/mol. The molecule has 2 atom stereocenters. The maximum Gasteiger partial charge on any atom is 0.308 e. The first-order chi connectivity index (χ1) is 10.6. The van der Waals surface area contributed by atoms with Crippen LogP contribution in [0.15, 0.2) is 29.4 Å². The lowest BCUT2D eigenvalue weighted by Crippen LogP contribution is -2.20. The molecule has 0 saturated heterocycles. The van der Waals surface area contributed by atoms with Gasteiger partial charge in [0.1, 0.15) is 12.4 Å². The summed E-state index contributed by atoms with van der Waals surface area (Å²) in [4.78, 5) is 22.0. The van der Waals surface area contributed by atoms with Crippen molar-refractivity contribution in [1.82, 2.24) is 0 Å². The van der Waals surface area contributed by atoms with Crippen molar-refractivity contribution in [1.29, 1.82) is 0 Å². The van der Waals surface area contributed by atoms with Gasteiger partial charge < -0.3 is 13.7 Å². The molecule has 1 rings (SSSR count). The molecule has 1 aromatic rings. The quantitative estimate of drug-likeness (QED) is 0.240. The van der Waals surface area contributed by atoms with E-state index < -0.39 is 6.04 Å². The molecule has 0 heterocycles. The molecule has 6 nitrogen and oxygen atoms in total. The number of ether oxygens (including phenoxy) is 2. The maximum absolute atomic E-state index is 11.4. The van der Waals surface area contributed by atoms with Gasteiger partial charge in [0.05, 0.1) is 28.8 Å². The Morgan fingerprint density at radius 2 is 2.00 bits per heavy atom. The molecule has 0 N–H and O–H groups in total. The Kier molecular flexibility index (Phi) is 9.41. The Labute approximate surface area is 146 Å². The van der Waals surface area contributed by atoms with Crippen LogP contribution in [0.1, 0.15) is 12.5 Å². The summed E-state index contributed by atoms with van der Waals surface area (Å²) < 4.78 is 15.3. The van der Waals surface area contributed by atoms with Gasteiger partial charge in [0, 0.05) is 21.2 Å². The van der Waals surface area contributed by atoms with Crippen molar-refractivity contribution in [2.24, 2.45) is 11.1 Å². The SMILES string of the molecule is COC(=O)[C@@H](C)Cc1ccc(OCC(COSI)N=O)cc1. The van der Waals surface area contributed by atoms with Crippen molar-refractivity contribution in [2.75, 3.05) is 20.3 Å². The molecule has 0 amide bonds. The maximum atomic E-state index is 11.4. The van der Waals surface area contributed by atoms with Crippen molar-refractivity contribution in [2.45, 2.75) is 19.4 Å². The van der Waals surface area contributed by atoms with Crippen molar-refractivity contribution >= 4 is 36.4 Å². The zero-order chi connectivity index (χ0) is 16.4. The lowest BCUT2D eigenvalue weighted by Gasteiger charge is -2.12. The van der Waals surface area contributed by atoms with E-state index in [1.54, 1.807) is 12.1 Å². The lowest BCUT2D eigenvalue weighted by molar-refractivity contribution is -0.144. The highest BCUT2D eigenvalue weighted by atomic mass is 127. The van der Waals surface area contributed by atoms with E-state index in [0.717, 1.165) is 14.8 Å². The number of benzene rings is 1. The van der Waals surface area contributed by atoms with E-state index >= 15 is 0 Å². The summed E-state index contributed by atoms with van der Waals surface area (Å²) in [7, 11) is 2.54. The first-order valence-electron chi connectivity index (χ1n) is 6.63. The molecule has 0 aliphatic carbocycles. The predicted molar refractivity (Wildman–Crippen MR) is 94.0 cm³/mol. The topological polar surface area (TPSA) is 74.2 Å². The van der Waals surface area contributed by atoms with E-state index in [4.69, 9.17) is 13.7 Å². The molecule has 0 spiro atoms. The summed E-state index contributed by atoms with van der Waals surface area (Å²) in [5, 5.41) is 2.96. The highest BCUT2D eigenvalue weighted by Crippen LogP contribution is 2.17. The third-order valence-electron chi connectivity index (χ3n) is 2.97. The summed E-state index contributed by atoms with van der Waals surface area (Å²) in [5.41, 5.74) is 1.01. The third kappa shape index (κ3) is 6.93. The van der Waals surface area contributed by atoms with Crippen LogP contribution >= 0.6 is 30.4 Å². The molecule has 0 aliphatic rings. The zero-order valence-corrected chi connectivity index (χ0v) is 15.3. The minimum atomic E-state index is -0.540. The monoisotopic (exact) mass is 439 g/mol. The summed E-state index contributed by atoms with van der Waals surface area (Å²) in [6.07, 6.45) is 0.603. The van der Waals surface area contributed by atoms with E-state index in [1.807, 2.05) is 40.3 Å². The lowest BCUT2D eigenvalue weighted by atomic mass is 10.0. The van der Waals surface area contributed by atoms with Gasteiger partial charge in [0.25, 0.3) is 0 Å². The second-order valence-electron chi connectivity index (χ2n) is 4.69. The van der Waals surface area contributed by atoms with Gasteiger partial charge >= 0.3 is 5.97 Å². The number of methoxy groups -OCH3 is 1. The number of carbonyl (C=O) groups excluding carboxylic acids is 1. The summed E-state index contributed by atoms with van der Waals surface area (Å²) in [5.74, 6) is 0.224. The van der Waals surface area contributed by atoms with Crippen LogP contribution in [0.2, 0.25) is 0 Å². The number of carbonyl (C=O) groups is 1. The zero-order valence-electron chi connectivity index (χ0n) is 12.4. The van der Waals surface area contributed by atoms with Gasteiger partial charge in [0.2, 0.25) is 0 Å². The molecule has 8 heteroatoms. The van der Waals surface area contributed by atoms with Crippen LogP contribution in [0.3, 0.4) is 0 Å². The standard InChI is InChI=1S/C14H18INO5S/c1-10(14(17)19-2)7-11-3-5-13(6-4-11)20-8-12(16-18)9-21-22-15/h3-6,10,12H,7-9H2,1-2H3/t10-,12?/m0/s1. The fraction of sp³-hybridized carbons (Fsp3) is 0.500. The van der Waals surface area contributed by atoms with Gasteiger partial charge in [-0.05, 0) is 24.1 Å².